The summed E-state index contributed by atoms with van der Waals surface area (Å²) in [5.74, 6) is 1.33. The molecule has 0 aliphatic rings. The Morgan fingerprint density at radius 1 is 0.926 bits per heavy atom. The maximum absolute atomic E-state index is 11.9. The number of hydrogen-bond acceptors (Lipinski definition) is 5. The van der Waals surface area contributed by atoms with E-state index in [1.807, 2.05) is 60.7 Å². The second-order valence-electron chi connectivity index (χ2n) is 5.75. The smallest absolute Gasteiger partial charge is 0.269 e. The van der Waals surface area contributed by atoms with Gasteiger partial charge in [-0.25, -0.2) is 4.98 Å². The third kappa shape index (κ3) is 5.55. The number of nitrogens with zero attached hydrogens (tertiary/aromatic N) is 1. The monoisotopic (exact) mass is 363 g/mol. The molecule has 2 aromatic carbocycles. The fourth-order valence-electron chi connectivity index (χ4n) is 2.36. The summed E-state index contributed by atoms with van der Waals surface area (Å²) in [5, 5.41) is 5.98. The van der Waals surface area contributed by atoms with E-state index in [1.165, 1.54) is 0 Å². The Balaban J connectivity index is 1.56. The van der Waals surface area contributed by atoms with Crippen LogP contribution in [0.3, 0.4) is 0 Å². The van der Waals surface area contributed by atoms with Crippen LogP contribution in [-0.2, 0) is 4.74 Å². The van der Waals surface area contributed by atoms with Gasteiger partial charge in [-0.3, -0.25) is 4.79 Å². The molecule has 0 fully saturated rings. The molecular weight excluding hydrogens is 342 g/mol. The summed E-state index contributed by atoms with van der Waals surface area (Å²) in [4.78, 5) is 16.1. The van der Waals surface area contributed by atoms with Gasteiger partial charge in [0.25, 0.3) is 5.91 Å². The topological polar surface area (TPSA) is 72.5 Å². The molecule has 0 saturated carbocycles. The minimum atomic E-state index is -0.221. The molecule has 27 heavy (non-hydrogen) atoms. The summed E-state index contributed by atoms with van der Waals surface area (Å²) in [6.07, 6.45) is 1.62. The number of aromatic nitrogens is 1. The Labute approximate surface area is 158 Å². The Bertz CT molecular complexity index is 850. The predicted molar refractivity (Wildman–Crippen MR) is 105 cm³/mol. The van der Waals surface area contributed by atoms with Crippen molar-refractivity contribution in [1.82, 2.24) is 10.3 Å². The van der Waals surface area contributed by atoms with Crippen LogP contribution in [0.15, 0.2) is 72.9 Å². The van der Waals surface area contributed by atoms with Gasteiger partial charge in [-0.05, 0) is 48.5 Å². The molecule has 1 heterocycles. The molecule has 0 spiro atoms. The highest BCUT2D eigenvalue weighted by Crippen LogP contribution is 2.24. The van der Waals surface area contributed by atoms with Crippen molar-refractivity contribution in [3.8, 4) is 11.5 Å². The zero-order chi connectivity index (χ0) is 18.9. The van der Waals surface area contributed by atoms with Crippen molar-refractivity contribution in [1.29, 1.82) is 0 Å². The van der Waals surface area contributed by atoms with E-state index in [1.54, 1.807) is 19.4 Å². The largest absolute Gasteiger partial charge is 0.457 e. The van der Waals surface area contributed by atoms with E-state index in [9.17, 15) is 4.79 Å². The third-order valence-corrected chi connectivity index (χ3v) is 3.71. The number of benzene rings is 2. The van der Waals surface area contributed by atoms with E-state index < -0.39 is 0 Å². The van der Waals surface area contributed by atoms with Crippen LogP contribution in [-0.4, -0.2) is 31.2 Å². The van der Waals surface area contributed by atoms with Crippen LogP contribution in [0, 0.1) is 0 Å². The fraction of sp³-hybridized carbons (Fsp3) is 0.143. The lowest BCUT2D eigenvalue weighted by Crippen LogP contribution is -2.27. The van der Waals surface area contributed by atoms with Crippen molar-refractivity contribution in [2.45, 2.75) is 0 Å². The lowest BCUT2D eigenvalue weighted by Gasteiger charge is -2.09. The quantitative estimate of drug-likeness (QED) is 0.592. The molecule has 0 atom stereocenters. The minimum Gasteiger partial charge on any atom is -0.457 e. The van der Waals surface area contributed by atoms with Crippen molar-refractivity contribution in [3.63, 3.8) is 0 Å². The molecule has 0 aliphatic carbocycles. The summed E-state index contributed by atoms with van der Waals surface area (Å²) in [6.45, 7) is 0.920. The Hall–Kier alpha value is -3.38. The first-order valence-corrected chi connectivity index (χ1v) is 8.58. The summed E-state index contributed by atoms with van der Waals surface area (Å²) in [5.41, 5.74) is 2.05. The van der Waals surface area contributed by atoms with E-state index in [-0.39, 0.29) is 5.91 Å². The van der Waals surface area contributed by atoms with E-state index in [0.717, 1.165) is 22.9 Å². The molecule has 3 rings (SSSR count). The highest BCUT2D eigenvalue weighted by molar-refractivity contribution is 5.92. The van der Waals surface area contributed by atoms with Crippen molar-refractivity contribution in [2.75, 3.05) is 25.6 Å². The van der Waals surface area contributed by atoms with Gasteiger partial charge in [-0.15, -0.1) is 0 Å². The first-order chi connectivity index (χ1) is 13.2. The third-order valence-electron chi connectivity index (χ3n) is 3.71. The second kappa shape index (κ2) is 9.35. The van der Waals surface area contributed by atoms with Gasteiger partial charge in [0.1, 0.15) is 17.2 Å². The standard InChI is InChI=1S/C21H21N3O3/c1-26-14-13-22-21(25)20-12-9-17(15-23-20)24-16-7-10-19(11-8-16)27-18-5-3-2-4-6-18/h2-12,15,24H,13-14H2,1H3,(H,22,25). The molecule has 3 aromatic rings. The molecule has 1 aromatic heterocycles. The number of hydrogen-bond donors (Lipinski definition) is 2. The van der Waals surface area contributed by atoms with Crippen LogP contribution in [0.25, 0.3) is 0 Å². The van der Waals surface area contributed by atoms with Crippen LogP contribution in [0.2, 0.25) is 0 Å². The number of nitrogens with one attached hydrogen (secondary N) is 2. The van der Waals surface area contributed by atoms with Gasteiger partial charge >= 0.3 is 0 Å². The molecule has 0 saturated heterocycles. The van der Waals surface area contributed by atoms with Gasteiger partial charge in [-0.1, -0.05) is 18.2 Å². The van der Waals surface area contributed by atoms with Gasteiger partial charge in [-0.2, -0.15) is 0 Å². The minimum absolute atomic E-state index is 0.221. The van der Waals surface area contributed by atoms with E-state index in [2.05, 4.69) is 15.6 Å². The summed E-state index contributed by atoms with van der Waals surface area (Å²) in [7, 11) is 1.59. The van der Waals surface area contributed by atoms with Crippen LogP contribution < -0.4 is 15.4 Å². The zero-order valence-electron chi connectivity index (χ0n) is 15.0. The van der Waals surface area contributed by atoms with Crippen LogP contribution in [0.5, 0.6) is 11.5 Å². The molecule has 1 amide bonds. The molecule has 6 heteroatoms. The summed E-state index contributed by atoms with van der Waals surface area (Å²) in [6, 6.07) is 20.7. The first-order valence-electron chi connectivity index (χ1n) is 8.58. The second-order valence-corrected chi connectivity index (χ2v) is 5.75. The van der Waals surface area contributed by atoms with E-state index in [4.69, 9.17) is 9.47 Å². The maximum atomic E-state index is 11.9. The normalized spacial score (nSPS) is 10.3. The molecule has 0 unspecified atom stereocenters. The summed E-state index contributed by atoms with van der Waals surface area (Å²) >= 11 is 0. The molecule has 0 aliphatic heterocycles. The summed E-state index contributed by atoms with van der Waals surface area (Å²) < 4.78 is 10.7. The van der Waals surface area contributed by atoms with E-state index in [0.29, 0.717) is 18.8 Å². The average Bonchev–Trinajstić information content (AvgIpc) is 2.71. The van der Waals surface area contributed by atoms with Gasteiger partial charge in [0.05, 0.1) is 18.5 Å². The number of rotatable bonds is 8. The average molecular weight is 363 g/mol. The Morgan fingerprint density at radius 3 is 2.30 bits per heavy atom. The van der Waals surface area contributed by atoms with Crippen molar-refractivity contribution < 1.29 is 14.3 Å². The Morgan fingerprint density at radius 2 is 1.63 bits per heavy atom. The number of para-hydroxylation sites is 1. The van der Waals surface area contributed by atoms with E-state index >= 15 is 0 Å². The molecular formula is C21H21N3O3. The van der Waals surface area contributed by atoms with Gasteiger partial charge in [0.2, 0.25) is 0 Å². The SMILES string of the molecule is COCCNC(=O)c1ccc(Nc2ccc(Oc3ccccc3)cc2)cn1. The van der Waals surface area contributed by atoms with Crippen molar-refractivity contribution in [3.05, 3.63) is 78.6 Å². The molecule has 0 bridgehead atoms. The van der Waals surface area contributed by atoms with Crippen molar-refractivity contribution in [2.24, 2.45) is 0 Å². The lowest BCUT2D eigenvalue weighted by atomic mass is 10.2. The number of anilines is 2. The number of amides is 1. The van der Waals surface area contributed by atoms with Gasteiger partial charge in [0.15, 0.2) is 0 Å². The maximum Gasteiger partial charge on any atom is 0.269 e. The molecule has 0 radical (unpaired) electrons. The highest BCUT2D eigenvalue weighted by atomic mass is 16.5. The molecule has 6 nitrogen and oxygen atoms in total. The number of carbonyl (C=O) groups is 1. The van der Waals surface area contributed by atoms with Crippen LogP contribution >= 0.6 is 0 Å². The number of pyridine rings is 1. The first kappa shape index (κ1) is 18.4. The zero-order valence-corrected chi connectivity index (χ0v) is 15.0. The number of carbonyl (C=O) groups excluding carboxylic acids is 1. The van der Waals surface area contributed by atoms with Crippen LogP contribution in [0.1, 0.15) is 10.5 Å². The van der Waals surface area contributed by atoms with Crippen LogP contribution in [0.4, 0.5) is 11.4 Å². The highest BCUT2D eigenvalue weighted by Gasteiger charge is 2.06. The van der Waals surface area contributed by atoms with Gasteiger partial charge < -0.3 is 20.1 Å². The lowest BCUT2D eigenvalue weighted by molar-refractivity contribution is 0.0932. The molecule has 2 N–H and O–H groups in total. The predicted octanol–water partition coefficient (Wildman–Crippen LogP) is 3.99. The van der Waals surface area contributed by atoms with Gasteiger partial charge in [0, 0.05) is 19.3 Å². The fourth-order valence-corrected chi connectivity index (χ4v) is 2.36. The number of methoxy groups -OCH3 is 1. The molecule has 138 valence electrons. The number of ether oxygens (including phenoxy) is 2. The Kier molecular flexibility index (Phi) is 6.38. The van der Waals surface area contributed by atoms with Crippen molar-refractivity contribution >= 4 is 17.3 Å².